The van der Waals surface area contributed by atoms with Crippen molar-refractivity contribution in [1.82, 2.24) is 20.3 Å². The van der Waals surface area contributed by atoms with E-state index in [4.69, 9.17) is 0 Å². The molecular formula is C21H21FN6O. The highest BCUT2D eigenvalue weighted by Gasteiger charge is 2.20. The highest BCUT2D eigenvalue weighted by Crippen LogP contribution is 2.17. The fourth-order valence-electron chi connectivity index (χ4n) is 3.26. The van der Waals surface area contributed by atoms with Gasteiger partial charge in [-0.15, -0.1) is 0 Å². The summed E-state index contributed by atoms with van der Waals surface area (Å²) in [4.78, 5) is 29.6. The number of piperazine rings is 1. The molecule has 0 saturated carbocycles. The van der Waals surface area contributed by atoms with Crippen molar-refractivity contribution >= 4 is 17.5 Å². The molecule has 0 aliphatic carbocycles. The molecule has 1 saturated heterocycles. The second-order valence-electron chi connectivity index (χ2n) is 6.70. The van der Waals surface area contributed by atoms with Crippen molar-refractivity contribution in [3.8, 4) is 0 Å². The first-order valence-electron chi connectivity index (χ1n) is 9.45. The number of rotatable bonds is 5. The first-order valence-corrected chi connectivity index (χ1v) is 9.45. The van der Waals surface area contributed by atoms with Gasteiger partial charge in [-0.2, -0.15) is 0 Å². The highest BCUT2D eigenvalue weighted by atomic mass is 19.1. The van der Waals surface area contributed by atoms with Crippen LogP contribution in [0.2, 0.25) is 0 Å². The second-order valence-corrected chi connectivity index (χ2v) is 6.70. The number of carbonyl (C=O) groups excluding carboxylic acids is 1. The van der Waals surface area contributed by atoms with Crippen LogP contribution in [0.15, 0.2) is 61.1 Å². The number of pyridine rings is 1. The number of nitrogens with zero attached hydrogens (tertiary/aromatic N) is 5. The Morgan fingerprint density at radius 3 is 2.38 bits per heavy atom. The number of nitrogens with one attached hydrogen (secondary N) is 1. The summed E-state index contributed by atoms with van der Waals surface area (Å²) in [5.41, 5.74) is 0.694. The van der Waals surface area contributed by atoms with Gasteiger partial charge in [-0.05, 0) is 18.2 Å². The molecule has 1 aliphatic rings. The van der Waals surface area contributed by atoms with Gasteiger partial charge in [0, 0.05) is 50.6 Å². The van der Waals surface area contributed by atoms with Gasteiger partial charge in [0.15, 0.2) is 0 Å². The van der Waals surface area contributed by atoms with Crippen LogP contribution < -0.4 is 15.1 Å². The van der Waals surface area contributed by atoms with E-state index < -0.39 is 0 Å². The molecule has 0 atom stereocenters. The van der Waals surface area contributed by atoms with Crippen LogP contribution in [0.5, 0.6) is 0 Å². The van der Waals surface area contributed by atoms with Crippen molar-refractivity contribution in [3.63, 3.8) is 0 Å². The lowest BCUT2D eigenvalue weighted by atomic mass is 10.2. The Hall–Kier alpha value is -3.55. The highest BCUT2D eigenvalue weighted by molar-refractivity contribution is 5.92. The Bertz CT molecular complexity index is 976. The van der Waals surface area contributed by atoms with Gasteiger partial charge in [0.2, 0.25) is 0 Å². The minimum absolute atomic E-state index is 0.105. The predicted molar refractivity (Wildman–Crippen MR) is 108 cm³/mol. The summed E-state index contributed by atoms with van der Waals surface area (Å²) in [6.45, 7) is 3.27. The molecule has 1 N–H and O–H groups in total. The van der Waals surface area contributed by atoms with E-state index in [2.05, 4.69) is 30.1 Å². The molecule has 3 heterocycles. The zero-order chi connectivity index (χ0) is 20.1. The van der Waals surface area contributed by atoms with Gasteiger partial charge >= 0.3 is 0 Å². The normalized spacial score (nSPS) is 14.0. The first-order chi connectivity index (χ1) is 14.2. The molecule has 4 rings (SSSR count). The van der Waals surface area contributed by atoms with Crippen molar-refractivity contribution in [2.75, 3.05) is 36.0 Å². The van der Waals surface area contributed by atoms with Crippen molar-refractivity contribution in [2.45, 2.75) is 6.54 Å². The van der Waals surface area contributed by atoms with Gasteiger partial charge in [-0.3, -0.25) is 4.79 Å². The molecule has 148 valence electrons. The third-order valence-electron chi connectivity index (χ3n) is 4.86. The number of hydrogen-bond donors (Lipinski definition) is 1. The fraction of sp³-hybridized carbons (Fsp3) is 0.238. The molecule has 1 aliphatic heterocycles. The fourth-order valence-corrected chi connectivity index (χ4v) is 3.26. The van der Waals surface area contributed by atoms with E-state index in [0.717, 1.165) is 32.0 Å². The van der Waals surface area contributed by atoms with Gasteiger partial charge < -0.3 is 15.1 Å². The Balaban J connectivity index is 1.37. The molecule has 2 aromatic heterocycles. The summed E-state index contributed by atoms with van der Waals surface area (Å²) in [5.74, 6) is 0.964. The molecule has 7 nitrogen and oxygen atoms in total. The molecule has 8 heteroatoms. The largest absolute Gasteiger partial charge is 0.353 e. The number of hydrogen-bond acceptors (Lipinski definition) is 6. The van der Waals surface area contributed by atoms with Crippen LogP contribution in [0.3, 0.4) is 0 Å². The number of anilines is 2. The summed E-state index contributed by atoms with van der Waals surface area (Å²) >= 11 is 0. The Morgan fingerprint density at radius 1 is 0.931 bits per heavy atom. The Morgan fingerprint density at radius 2 is 1.66 bits per heavy atom. The molecule has 0 spiro atoms. The average molecular weight is 392 g/mol. The summed E-state index contributed by atoms with van der Waals surface area (Å²) in [7, 11) is 0. The quantitative estimate of drug-likeness (QED) is 0.718. The summed E-state index contributed by atoms with van der Waals surface area (Å²) < 4.78 is 13.7. The maximum atomic E-state index is 13.7. The van der Waals surface area contributed by atoms with E-state index in [1.165, 1.54) is 12.4 Å². The smallest absolute Gasteiger partial charge is 0.270 e. The van der Waals surface area contributed by atoms with Crippen molar-refractivity contribution in [2.24, 2.45) is 0 Å². The van der Waals surface area contributed by atoms with E-state index in [9.17, 15) is 9.18 Å². The van der Waals surface area contributed by atoms with E-state index in [0.29, 0.717) is 11.4 Å². The zero-order valence-corrected chi connectivity index (χ0v) is 15.8. The minimum Gasteiger partial charge on any atom is -0.353 e. The lowest BCUT2D eigenvalue weighted by Crippen LogP contribution is -2.47. The first kappa shape index (κ1) is 18.8. The third-order valence-corrected chi connectivity index (χ3v) is 4.86. The summed E-state index contributed by atoms with van der Waals surface area (Å²) in [6.07, 6.45) is 3.18. The second kappa shape index (κ2) is 8.64. The molecule has 1 aromatic carbocycles. The van der Waals surface area contributed by atoms with Crippen LogP contribution in [0.1, 0.15) is 16.1 Å². The van der Waals surface area contributed by atoms with Gasteiger partial charge in [0.1, 0.15) is 29.5 Å². The number of benzene rings is 1. The molecule has 3 aromatic rings. The third kappa shape index (κ3) is 4.48. The van der Waals surface area contributed by atoms with E-state index in [1.807, 2.05) is 18.2 Å². The maximum Gasteiger partial charge on any atom is 0.270 e. The standard InChI is InChI=1S/C21H21FN6O/c22-17-6-2-1-5-16(17)14-24-21(29)18-13-20(26-15-25-18)28-11-9-27(10-12-28)19-7-3-4-8-23-19/h1-8,13,15H,9-12,14H2,(H,24,29). The number of halogens is 1. The van der Waals surface area contributed by atoms with Crippen molar-refractivity contribution < 1.29 is 9.18 Å². The monoisotopic (exact) mass is 392 g/mol. The van der Waals surface area contributed by atoms with E-state index in [-0.39, 0.29) is 24.0 Å². The molecule has 0 radical (unpaired) electrons. The van der Waals surface area contributed by atoms with Gasteiger partial charge in [-0.1, -0.05) is 24.3 Å². The summed E-state index contributed by atoms with van der Waals surface area (Å²) in [5, 5.41) is 2.71. The Labute approximate surface area is 168 Å². The molecule has 0 unspecified atom stereocenters. The van der Waals surface area contributed by atoms with Gasteiger partial charge in [-0.25, -0.2) is 19.3 Å². The molecule has 0 bridgehead atoms. The van der Waals surface area contributed by atoms with Crippen LogP contribution in [-0.2, 0) is 6.54 Å². The number of aromatic nitrogens is 3. The molecule has 29 heavy (non-hydrogen) atoms. The van der Waals surface area contributed by atoms with Crippen LogP contribution in [0.4, 0.5) is 16.0 Å². The average Bonchev–Trinajstić information content (AvgIpc) is 2.79. The lowest BCUT2D eigenvalue weighted by Gasteiger charge is -2.36. The zero-order valence-electron chi connectivity index (χ0n) is 15.8. The lowest BCUT2D eigenvalue weighted by molar-refractivity contribution is 0.0945. The van der Waals surface area contributed by atoms with E-state index in [1.54, 1.807) is 30.5 Å². The SMILES string of the molecule is O=C(NCc1ccccc1F)c1cc(N2CCN(c3ccccn3)CC2)ncn1. The number of amides is 1. The van der Waals surface area contributed by atoms with Crippen LogP contribution >= 0.6 is 0 Å². The van der Waals surface area contributed by atoms with Gasteiger partial charge in [0.05, 0.1) is 0 Å². The van der Waals surface area contributed by atoms with Crippen molar-refractivity contribution in [1.29, 1.82) is 0 Å². The van der Waals surface area contributed by atoms with Crippen LogP contribution in [-0.4, -0.2) is 47.0 Å². The Kier molecular flexibility index (Phi) is 5.60. The molecule has 1 amide bonds. The minimum atomic E-state index is -0.357. The van der Waals surface area contributed by atoms with Crippen LogP contribution in [0.25, 0.3) is 0 Å². The van der Waals surface area contributed by atoms with Crippen molar-refractivity contribution in [3.05, 3.63) is 78.1 Å². The number of carbonyl (C=O) groups is 1. The maximum absolute atomic E-state index is 13.7. The van der Waals surface area contributed by atoms with Gasteiger partial charge in [0.25, 0.3) is 5.91 Å². The van der Waals surface area contributed by atoms with E-state index >= 15 is 0 Å². The topological polar surface area (TPSA) is 74.2 Å². The summed E-state index contributed by atoms with van der Waals surface area (Å²) in [6, 6.07) is 13.9. The molecule has 1 fully saturated rings. The molecular weight excluding hydrogens is 371 g/mol. The van der Waals surface area contributed by atoms with Crippen LogP contribution in [0, 0.1) is 5.82 Å². The predicted octanol–water partition coefficient (Wildman–Crippen LogP) is 2.27.